The summed E-state index contributed by atoms with van der Waals surface area (Å²) in [6.45, 7) is -0.531. The van der Waals surface area contributed by atoms with Crippen LogP contribution in [-0.4, -0.2) is 30.6 Å². The largest absolute Gasteiger partial charge is 0.452 e. The van der Waals surface area contributed by atoms with E-state index in [9.17, 15) is 14.4 Å². The van der Waals surface area contributed by atoms with Crippen molar-refractivity contribution in [2.24, 2.45) is 0 Å². The fourth-order valence-electron chi connectivity index (χ4n) is 2.27. The molecule has 1 aliphatic carbocycles. The number of ether oxygens (including phenoxy) is 1. The van der Waals surface area contributed by atoms with Crippen LogP contribution in [-0.2, 0) is 9.53 Å². The van der Waals surface area contributed by atoms with Gasteiger partial charge in [0, 0.05) is 11.7 Å². The lowest BCUT2D eigenvalue weighted by molar-refractivity contribution is -0.123. The fraction of sp³-hybridized carbons (Fsp3) is 0.211. The Labute approximate surface area is 150 Å². The zero-order valence-corrected chi connectivity index (χ0v) is 14.0. The molecule has 3 rings (SSSR count). The summed E-state index contributed by atoms with van der Waals surface area (Å²) in [6.07, 6.45) is 1.84. The van der Waals surface area contributed by atoms with E-state index >= 15 is 0 Å². The Bertz CT molecular complexity index is 803. The van der Waals surface area contributed by atoms with E-state index in [1.54, 1.807) is 24.3 Å². The minimum atomic E-state index is -0.676. The maximum atomic E-state index is 12.3. The van der Waals surface area contributed by atoms with Crippen molar-refractivity contribution < 1.29 is 19.1 Å². The zero-order valence-electron chi connectivity index (χ0n) is 14.0. The van der Waals surface area contributed by atoms with Crippen molar-refractivity contribution in [3.05, 3.63) is 60.2 Å². The molecule has 134 valence electrons. The van der Waals surface area contributed by atoms with Crippen LogP contribution in [0.25, 0.3) is 0 Å². The Hall–Kier alpha value is -3.35. The predicted octanol–water partition coefficient (Wildman–Crippen LogP) is 2.58. The molecule has 1 fully saturated rings. The number of para-hydroxylation sites is 2. The summed E-state index contributed by atoms with van der Waals surface area (Å²) in [7, 11) is 0. The first-order chi connectivity index (χ1) is 12.6. The van der Waals surface area contributed by atoms with E-state index in [-0.39, 0.29) is 6.04 Å². The van der Waals surface area contributed by atoms with Crippen molar-refractivity contribution in [3.63, 3.8) is 0 Å². The Kier molecular flexibility index (Phi) is 5.48. The monoisotopic (exact) mass is 353 g/mol. The molecule has 0 saturated heterocycles. The molecular weight excluding hydrogens is 334 g/mol. The standard InChI is InChI=1S/C19H19N3O4/c23-17(22-19(25)21-14-10-11-14)12-26-18(24)15-8-4-5-9-16(15)20-13-6-2-1-3-7-13/h1-9,14,20H,10-12H2,(H2,21,22,23,25). The van der Waals surface area contributed by atoms with Gasteiger partial charge in [-0.05, 0) is 37.1 Å². The number of carbonyl (C=O) groups is 3. The number of anilines is 2. The maximum Gasteiger partial charge on any atom is 0.340 e. The van der Waals surface area contributed by atoms with E-state index in [0.29, 0.717) is 11.3 Å². The Morgan fingerprint density at radius 1 is 0.962 bits per heavy atom. The lowest BCUT2D eigenvalue weighted by atomic mass is 10.1. The first-order valence-corrected chi connectivity index (χ1v) is 8.30. The first-order valence-electron chi connectivity index (χ1n) is 8.30. The predicted molar refractivity (Wildman–Crippen MR) is 96.1 cm³/mol. The molecule has 7 heteroatoms. The Balaban J connectivity index is 1.55. The van der Waals surface area contributed by atoms with Crippen LogP contribution in [0.5, 0.6) is 0 Å². The number of hydrogen-bond donors (Lipinski definition) is 3. The maximum absolute atomic E-state index is 12.3. The van der Waals surface area contributed by atoms with Crippen LogP contribution < -0.4 is 16.0 Å². The van der Waals surface area contributed by atoms with Crippen LogP contribution in [0.2, 0.25) is 0 Å². The fourth-order valence-corrected chi connectivity index (χ4v) is 2.27. The highest BCUT2D eigenvalue weighted by atomic mass is 16.5. The number of amides is 3. The average Bonchev–Trinajstić information content (AvgIpc) is 3.45. The summed E-state index contributed by atoms with van der Waals surface area (Å²) < 4.78 is 5.02. The quantitative estimate of drug-likeness (QED) is 0.694. The van der Waals surface area contributed by atoms with Gasteiger partial charge in [-0.2, -0.15) is 0 Å². The van der Waals surface area contributed by atoms with Gasteiger partial charge in [0.1, 0.15) is 0 Å². The Morgan fingerprint density at radius 3 is 2.38 bits per heavy atom. The molecule has 0 aliphatic heterocycles. The highest BCUT2D eigenvalue weighted by Crippen LogP contribution is 2.21. The summed E-state index contributed by atoms with van der Waals surface area (Å²) in [5.74, 6) is -1.33. The highest BCUT2D eigenvalue weighted by molar-refractivity contribution is 5.99. The molecule has 0 radical (unpaired) electrons. The van der Waals surface area contributed by atoms with E-state index in [0.717, 1.165) is 18.5 Å². The summed E-state index contributed by atoms with van der Waals surface area (Å²) in [5, 5.41) is 7.89. The zero-order chi connectivity index (χ0) is 18.4. The molecule has 0 heterocycles. The summed E-state index contributed by atoms with van der Waals surface area (Å²) in [4.78, 5) is 35.5. The molecule has 0 bridgehead atoms. The molecule has 7 nitrogen and oxygen atoms in total. The van der Waals surface area contributed by atoms with Gasteiger partial charge in [0.25, 0.3) is 5.91 Å². The van der Waals surface area contributed by atoms with Crippen LogP contribution in [0.4, 0.5) is 16.2 Å². The van der Waals surface area contributed by atoms with Crippen LogP contribution >= 0.6 is 0 Å². The van der Waals surface area contributed by atoms with Gasteiger partial charge in [0.05, 0.1) is 11.3 Å². The molecule has 0 unspecified atom stereocenters. The van der Waals surface area contributed by atoms with Gasteiger partial charge in [-0.25, -0.2) is 9.59 Å². The Morgan fingerprint density at radius 2 is 1.65 bits per heavy atom. The second kappa shape index (κ2) is 8.15. The number of urea groups is 1. The molecule has 0 aromatic heterocycles. The first kappa shape index (κ1) is 17.5. The molecule has 1 saturated carbocycles. The second-order valence-corrected chi connectivity index (χ2v) is 5.91. The third-order valence-corrected chi connectivity index (χ3v) is 3.70. The van der Waals surface area contributed by atoms with E-state index in [2.05, 4.69) is 16.0 Å². The molecular formula is C19H19N3O4. The molecule has 0 spiro atoms. The number of imide groups is 1. The number of esters is 1. The van der Waals surface area contributed by atoms with Gasteiger partial charge < -0.3 is 15.4 Å². The molecule has 2 aromatic carbocycles. The van der Waals surface area contributed by atoms with Crippen LogP contribution in [0.1, 0.15) is 23.2 Å². The number of hydrogen-bond acceptors (Lipinski definition) is 5. The number of rotatable bonds is 6. The summed E-state index contributed by atoms with van der Waals surface area (Å²) in [6, 6.07) is 15.8. The summed E-state index contributed by atoms with van der Waals surface area (Å²) >= 11 is 0. The van der Waals surface area contributed by atoms with Crippen molar-refractivity contribution in [1.82, 2.24) is 10.6 Å². The molecule has 0 atom stereocenters. The van der Waals surface area contributed by atoms with Gasteiger partial charge in [0.15, 0.2) is 6.61 Å². The van der Waals surface area contributed by atoms with Gasteiger partial charge in [-0.3, -0.25) is 10.1 Å². The topological polar surface area (TPSA) is 96.5 Å². The van der Waals surface area contributed by atoms with Crippen molar-refractivity contribution in [1.29, 1.82) is 0 Å². The minimum Gasteiger partial charge on any atom is -0.452 e. The normalized spacial score (nSPS) is 12.8. The minimum absolute atomic E-state index is 0.140. The van der Waals surface area contributed by atoms with Gasteiger partial charge in [-0.15, -0.1) is 0 Å². The van der Waals surface area contributed by atoms with Crippen LogP contribution in [0, 0.1) is 0 Å². The van der Waals surface area contributed by atoms with Crippen molar-refractivity contribution in [2.75, 3.05) is 11.9 Å². The van der Waals surface area contributed by atoms with Gasteiger partial charge >= 0.3 is 12.0 Å². The lowest BCUT2D eigenvalue weighted by Gasteiger charge is -2.12. The number of carbonyl (C=O) groups excluding carboxylic acids is 3. The number of nitrogens with one attached hydrogen (secondary N) is 3. The SMILES string of the molecule is O=C(COC(=O)c1ccccc1Nc1ccccc1)NC(=O)NC1CC1. The summed E-state index contributed by atoms with van der Waals surface area (Å²) in [5.41, 5.74) is 1.68. The smallest absolute Gasteiger partial charge is 0.340 e. The van der Waals surface area contributed by atoms with Crippen molar-refractivity contribution >= 4 is 29.3 Å². The van der Waals surface area contributed by atoms with E-state index in [1.165, 1.54) is 0 Å². The highest BCUT2D eigenvalue weighted by Gasteiger charge is 2.24. The van der Waals surface area contributed by atoms with E-state index < -0.39 is 24.5 Å². The molecule has 3 N–H and O–H groups in total. The molecule has 3 amide bonds. The van der Waals surface area contributed by atoms with Crippen LogP contribution in [0.3, 0.4) is 0 Å². The van der Waals surface area contributed by atoms with Crippen molar-refractivity contribution in [3.8, 4) is 0 Å². The molecule has 26 heavy (non-hydrogen) atoms. The molecule has 2 aromatic rings. The second-order valence-electron chi connectivity index (χ2n) is 5.91. The lowest BCUT2D eigenvalue weighted by Crippen LogP contribution is -2.42. The van der Waals surface area contributed by atoms with Crippen LogP contribution in [0.15, 0.2) is 54.6 Å². The molecule has 1 aliphatic rings. The van der Waals surface area contributed by atoms with Crippen molar-refractivity contribution in [2.45, 2.75) is 18.9 Å². The third-order valence-electron chi connectivity index (χ3n) is 3.70. The average molecular weight is 353 g/mol. The van der Waals surface area contributed by atoms with E-state index in [1.807, 2.05) is 30.3 Å². The third kappa shape index (κ3) is 5.07. The number of benzene rings is 2. The van der Waals surface area contributed by atoms with E-state index in [4.69, 9.17) is 4.74 Å². The van der Waals surface area contributed by atoms with Gasteiger partial charge in [0.2, 0.25) is 0 Å². The van der Waals surface area contributed by atoms with Gasteiger partial charge in [-0.1, -0.05) is 30.3 Å².